The molecule has 1 aromatic carbocycles. The van der Waals surface area contributed by atoms with Crippen molar-refractivity contribution in [3.05, 3.63) is 29.3 Å². The van der Waals surface area contributed by atoms with E-state index < -0.39 is 11.6 Å². The predicted octanol–water partition coefficient (Wildman–Crippen LogP) is 1.49. The number of aliphatic hydroxyl groups excluding tert-OH is 1. The van der Waals surface area contributed by atoms with Crippen LogP contribution in [0.15, 0.2) is 18.2 Å². The Morgan fingerprint density at radius 3 is 2.74 bits per heavy atom. The molecule has 2 rings (SSSR count). The second-order valence-electron chi connectivity index (χ2n) is 5.13. The minimum absolute atomic E-state index is 0.206. The molecule has 0 aliphatic carbocycles. The number of amides is 1. The Balaban J connectivity index is 2.55. The molecule has 1 atom stereocenters. The molecule has 0 aromatic heterocycles. The van der Waals surface area contributed by atoms with Gasteiger partial charge in [0.15, 0.2) is 0 Å². The maximum absolute atomic E-state index is 12.4. The third-order valence-electron chi connectivity index (χ3n) is 3.42. The Kier molecular flexibility index (Phi) is 3.21. The number of carbonyl (C=O) groups excluding carboxylic acids is 1. The van der Waals surface area contributed by atoms with Crippen LogP contribution in [-0.2, 0) is 0 Å². The number of hydrogen-bond acceptors (Lipinski definition) is 4. The Bertz CT molecular complexity index is 560. The van der Waals surface area contributed by atoms with E-state index in [9.17, 15) is 15.2 Å². The van der Waals surface area contributed by atoms with Gasteiger partial charge in [0.1, 0.15) is 11.8 Å². The standard InChI is InChI=1S/C14H16N2O3/c1-14(2,8-17)16-12(7-15)11-6-9(19-3)4-5-10(11)13(16)18/h4-6,12,17H,8H2,1-3H3. The van der Waals surface area contributed by atoms with Crippen molar-refractivity contribution in [1.29, 1.82) is 5.26 Å². The van der Waals surface area contributed by atoms with Gasteiger partial charge in [-0.25, -0.2) is 0 Å². The van der Waals surface area contributed by atoms with Crippen molar-refractivity contribution < 1.29 is 14.6 Å². The quantitative estimate of drug-likeness (QED) is 0.893. The number of rotatable bonds is 3. The van der Waals surface area contributed by atoms with Crippen LogP contribution < -0.4 is 4.74 Å². The number of carbonyl (C=O) groups is 1. The maximum Gasteiger partial charge on any atom is 0.256 e. The Morgan fingerprint density at radius 1 is 1.53 bits per heavy atom. The lowest BCUT2D eigenvalue weighted by Crippen LogP contribution is -2.48. The lowest BCUT2D eigenvalue weighted by Gasteiger charge is -2.36. The fourth-order valence-corrected chi connectivity index (χ4v) is 2.30. The molecular weight excluding hydrogens is 244 g/mol. The molecule has 1 unspecified atom stereocenters. The molecule has 1 amide bonds. The van der Waals surface area contributed by atoms with Crippen molar-refractivity contribution in [1.82, 2.24) is 4.90 Å². The van der Waals surface area contributed by atoms with Crippen molar-refractivity contribution in [2.75, 3.05) is 13.7 Å². The average molecular weight is 260 g/mol. The van der Waals surface area contributed by atoms with Crippen LogP contribution in [0, 0.1) is 11.3 Å². The number of methoxy groups -OCH3 is 1. The maximum atomic E-state index is 12.4. The van der Waals surface area contributed by atoms with E-state index in [1.54, 1.807) is 32.0 Å². The topological polar surface area (TPSA) is 73.6 Å². The van der Waals surface area contributed by atoms with E-state index in [1.165, 1.54) is 12.0 Å². The fraction of sp³-hybridized carbons (Fsp3) is 0.429. The summed E-state index contributed by atoms with van der Waals surface area (Å²) in [6.45, 7) is 3.26. The summed E-state index contributed by atoms with van der Waals surface area (Å²) in [5.74, 6) is 0.374. The van der Waals surface area contributed by atoms with Crippen LogP contribution in [0.1, 0.15) is 35.8 Å². The molecule has 5 nitrogen and oxygen atoms in total. The molecule has 1 N–H and O–H groups in total. The third kappa shape index (κ3) is 1.94. The zero-order valence-electron chi connectivity index (χ0n) is 11.2. The first-order chi connectivity index (χ1) is 8.96. The van der Waals surface area contributed by atoms with E-state index in [1.807, 2.05) is 0 Å². The van der Waals surface area contributed by atoms with E-state index in [-0.39, 0.29) is 12.5 Å². The van der Waals surface area contributed by atoms with Gasteiger partial charge in [-0.3, -0.25) is 4.79 Å². The van der Waals surface area contributed by atoms with Crippen molar-refractivity contribution in [2.24, 2.45) is 0 Å². The van der Waals surface area contributed by atoms with Crippen LogP contribution in [0.5, 0.6) is 5.75 Å². The average Bonchev–Trinajstić information content (AvgIpc) is 2.71. The summed E-state index contributed by atoms with van der Waals surface area (Å²) in [6.07, 6.45) is 0. The molecule has 0 fully saturated rings. The largest absolute Gasteiger partial charge is 0.497 e. The Morgan fingerprint density at radius 2 is 2.21 bits per heavy atom. The summed E-state index contributed by atoms with van der Waals surface area (Å²) in [5, 5.41) is 18.8. The van der Waals surface area contributed by atoms with E-state index >= 15 is 0 Å². The number of benzene rings is 1. The summed E-state index contributed by atoms with van der Waals surface area (Å²) >= 11 is 0. The number of ether oxygens (including phenoxy) is 1. The van der Waals surface area contributed by atoms with Gasteiger partial charge in [-0.2, -0.15) is 5.26 Å². The van der Waals surface area contributed by atoms with E-state index in [4.69, 9.17) is 4.74 Å². The van der Waals surface area contributed by atoms with Crippen LogP contribution >= 0.6 is 0 Å². The summed E-state index contributed by atoms with van der Waals surface area (Å²) < 4.78 is 5.13. The zero-order valence-corrected chi connectivity index (χ0v) is 11.2. The molecule has 0 spiro atoms. The first kappa shape index (κ1) is 13.4. The van der Waals surface area contributed by atoms with Gasteiger partial charge in [0.2, 0.25) is 0 Å². The van der Waals surface area contributed by atoms with Gasteiger partial charge in [0.25, 0.3) is 5.91 Å². The molecule has 0 bridgehead atoms. The van der Waals surface area contributed by atoms with Gasteiger partial charge in [-0.15, -0.1) is 0 Å². The van der Waals surface area contributed by atoms with Crippen LogP contribution in [0.3, 0.4) is 0 Å². The van der Waals surface area contributed by atoms with Gasteiger partial charge < -0.3 is 14.7 Å². The molecule has 5 heteroatoms. The molecule has 100 valence electrons. The second-order valence-corrected chi connectivity index (χ2v) is 5.13. The van der Waals surface area contributed by atoms with Gasteiger partial charge in [0.05, 0.1) is 25.3 Å². The summed E-state index contributed by atoms with van der Waals surface area (Å²) in [4.78, 5) is 13.8. The van der Waals surface area contributed by atoms with Crippen LogP contribution in [0.2, 0.25) is 0 Å². The highest BCUT2D eigenvalue weighted by Crippen LogP contribution is 2.39. The van der Waals surface area contributed by atoms with Crippen molar-refractivity contribution in [3.8, 4) is 11.8 Å². The SMILES string of the molecule is COc1ccc2c(c1)C(C#N)N(C(C)(C)CO)C2=O. The lowest BCUT2D eigenvalue weighted by atomic mass is 10.0. The van der Waals surface area contributed by atoms with Crippen molar-refractivity contribution in [3.63, 3.8) is 0 Å². The minimum Gasteiger partial charge on any atom is -0.497 e. The smallest absolute Gasteiger partial charge is 0.256 e. The highest BCUT2D eigenvalue weighted by Gasteiger charge is 2.44. The summed E-state index contributed by atoms with van der Waals surface area (Å²) in [7, 11) is 1.54. The highest BCUT2D eigenvalue weighted by molar-refractivity contribution is 6.00. The Labute approximate surface area is 112 Å². The van der Waals surface area contributed by atoms with E-state index in [0.29, 0.717) is 16.9 Å². The molecule has 1 aromatic rings. The van der Waals surface area contributed by atoms with Gasteiger partial charge in [0, 0.05) is 11.1 Å². The fourth-order valence-electron chi connectivity index (χ4n) is 2.30. The third-order valence-corrected chi connectivity index (χ3v) is 3.42. The first-order valence-electron chi connectivity index (χ1n) is 5.98. The number of nitrogens with zero attached hydrogens (tertiary/aromatic N) is 2. The van der Waals surface area contributed by atoms with Crippen LogP contribution in [0.4, 0.5) is 0 Å². The zero-order chi connectivity index (χ0) is 14.2. The second kappa shape index (κ2) is 4.56. The van der Waals surface area contributed by atoms with Crippen LogP contribution in [0.25, 0.3) is 0 Å². The monoisotopic (exact) mass is 260 g/mol. The van der Waals surface area contributed by atoms with Gasteiger partial charge in [-0.1, -0.05) is 0 Å². The van der Waals surface area contributed by atoms with E-state index in [0.717, 1.165) is 0 Å². The summed E-state index contributed by atoms with van der Waals surface area (Å²) in [6, 6.07) is 6.50. The minimum atomic E-state index is -0.788. The lowest BCUT2D eigenvalue weighted by molar-refractivity contribution is 0.0337. The van der Waals surface area contributed by atoms with Gasteiger partial charge >= 0.3 is 0 Å². The Hall–Kier alpha value is -2.06. The number of fused-ring (bicyclic) bond motifs is 1. The number of nitriles is 1. The number of aliphatic hydroxyl groups is 1. The molecule has 0 saturated carbocycles. The molecule has 1 aliphatic heterocycles. The molecule has 1 heterocycles. The summed E-state index contributed by atoms with van der Waals surface area (Å²) in [5.41, 5.74) is 0.339. The molecule has 0 saturated heterocycles. The molecule has 0 radical (unpaired) electrons. The predicted molar refractivity (Wildman–Crippen MR) is 68.7 cm³/mol. The highest BCUT2D eigenvalue weighted by atomic mass is 16.5. The normalized spacial score (nSPS) is 18.2. The molecule has 19 heavy (non-hydrogen) atoms. The first-order valence-corrected chi connectivity index (χ1v) is 5.98. The van der Waals surface area contributed by atoms with Crippen LogP contribution in [-0.4, -0.2) is 35.2 Å². The van der Waals surface area contributed by atoms with E-state index in [2.05, 4.69) is 6.07 Å². The molecular formula is C14H16N2O3. The van der Waals surface area contributed by atoms with Crippen molar-refractivity contribution >= 4 is 5.91 Å². The van der Waals surface area contributed by atoms with Crippen molar-refractivity contribution in [2.45, 2.75) is 25.4 Å². The van der Waals surface area contributed by atoms with Gasteiger partial charge in [-0.05, 0) is 32.0 Å². The molecule has 1 aliphatic rings. The number of hydrogen-bond donors (Lipinski definition) is 1.